The van der Waals surface area contributed by atoms with Gasteiger partial charge in [-0.1, -0.05) is 74.0 Å². The van der Waals surface area contributed by atoms with E-state index in [4.69, 9.17) is 0 Å². The Morgan fingerprint density at radius 3 is 1.93 bits per heavy atom. The fourth-order valence-corrected chi connectivity index (χ4v) is 4.41. The van der Waals surface area contributed by atoms with Crippen molar-refractivity contribution < 1.29 is 4.39 Å². The minimum Gasteiger partial charge on any atom is -0.251 e. The second kappa shape index (κ2) is 11.2. The second-order valence-corrected chi connectivity index (χ2v) is 8.37. The minimum atomic E-state index is -0.227. The van der Waals surface area contributed by atoms with Crippen molar-refractivity contribution in [2.75, 3.05) is 6.67 Å². The van der Waals surface area contributed by atoms with Crippen molar-refractivity contribution >= 4 is 0 Å². The number of aryl methyl sites for hydroxylation is 2. The number of rotatable bonds is 9. The van der Waals surface area contributed by atoms with Crippen molar-refractivity contribution in [3.8, 4) is 11.1 Å². The summed E-state index contributed by atoms with van der Waals surface area (Å²) in [4.78, 5) is 0. The maximum absolute atomic E-state index is 12.2. The van der Waals surface area contributed by atoms with Crippen LogP contribution in [0.4, 0.5) is 4.39 Å². The van der Waals surface area contributed by atoms with Gasteiger partial charge in [-0.05, 0) is 85.5 Å². The molecule has 0 nitrogen and oxygen atoms in total. The SMILES string of the molecule is CCCc1ccc(-c2ccc(CCC3CCC(/C=C/CCF)CC3)cc2)cc1. The quantitative estimate of drug-likeness (QED) is 0.388. The Morgan fingerprint density at radius 2 is 1.39 bits per heavy atom. The average molecular weight is 379 g/mol. The van der Waals surface area contributed by atoms with Crippen molar-refractivity contribution in [2.24, 2.45) is 11.8 Å². The van der Waals surface area contributed by atoms with Crippen LogP contribution < -0.4 is 0 Å². The topological polar surface area (TPSA) is 0 Å². The molecular formula is C27H35F. The minimum absolute atomic E-state index is 0.227. The third-order valence-corrected chi connectivity index (χ3v) is 6.20. The van der Waals surface area contributed by atoms with E-state index in [1.54, 1.807) is 0 Å². The van der Waals surface area contributed by atoms with Crippen LogP contribution in [0.5, 0.6) is 0 Å². The number of hydrogen-bond donors (Lipinski definition) is 0. The summed E-state index contributed by atoms with van der Waals surface area (Å²) >= 11 is 0. The summed E-state index contributed by atoms with van der Waals surface area (Å²) in [7, 11) is 0. The molecule has 0 unspecified atom stereocenters. The molecule has 1 heteroatoms. The van der Waals surface area contributed by atoms with Crippen LogP contribution in [-0.4, -0.2) is 6.67 Å². The first-order chi connectivity index (χ1) is 13.8. The predicted molar refractivity (Wildman–Crippen MR) is 119 cm³/mol. The summed E-state index contributed by atoms with van der Waals surface area (Å²) in [5.41, 5.74) is 5.50. The average Bonchev–Trinajstić information content (AvgIpc) is 2.75. The monoisotopic (exact) mass is 378 g/mol. The van der Waals surface area contributed by atoms with Gasteiger partial charge in [0, 0.05) is 0 Å². The van der Waals surface area contributed by atoms with Gasteiger partial charge < -0.3 is 0 Å². The Bertz CT molecular complexity index is 703. The van der Waals surface area contributed by atoms with Crippen LogP contribution in [0, 0.1) is 11.8 Å². The first kappa shape index (κ1) is 20.8. The van der Waals surface area contributed by atoms with Crippen molar-refractivity contribution in [1.29, 1.82) is 0 Å². The van der Waals surface area contributed by atoms with E-state index >= 15 is 0 Å². The Labute approximate surface area is 170 Å². The number of benzene rings is 2. The van der Waals surface area contributed by atoms with Crippen molar-refractivity contribution in [2.45, 2.75) is 64.7 Å². The Hall–Kier alpha value is -1.89. The van der Waals surface area contributed by atoms with Crippen LogP contribution in [-0.2, 0) is 12.8 Å². The molecule has 2 aromatic rings. The van der Waals surface area contributed by atoms with Crippen LogP contribution in [0.15, 0.2) is 60.7 Å². The molecule has 1 saturated carbocycles. The van der Waals surface area contributed by atoms with Crippen LogP contribution in [0.2, 0.25) is 0 Å². The zero-order chi connectivity index (χ0) is 19.6. The van der Waals surface area contributed by atoms with E-state index in [1.165, 1.54) is 67.2 Å². The molecule has 0 heterocycles. The van der Waals surface area contributed by atoms with E-state index in [-0.39, 0.29) is 6.67 Å². The van der Waals surface area contributed by atoms with Gasteiger partial charge in [0.1, 0.15) is 0 Å². The molecular weight excluding hydrogens is 343 g/mol. The lowest BCUT2D eigenvalue weighted by molar-refractivity contribution is 0.296. The van der Waals surface area contributed by atoms with E-state index in [0.29, 0.717) is 12.3 Å². The normalized spacial score (nSPS) is 19.9. The molecule has 1 fully saturated rings. The zero-order valence-electron chi connectivity index (χ0n) is 17.4. The third kappa shape index (κ3) is 6.33. The molecule has 0 radical (unpaired) electrons. The molecule has 3 rings (SSSR count). The van der Waals surface area contributed by atoms with E-state index in [1.807, 2.05) is 6.08 Å². The molecule has 150 valence electrons. The molecule has 0 bridgehead atoms. The van der Waals surface area contributed by atoms with Crippen molar-refractivity contribution in [1.82, 2.24) is 0 Å². The fourth-order valence-electron chi connectivity index (χ4n) is 4.41. The highest BCUT2D eigenvalue weighted by atomic mass is 19.1. The van der Waals surface area contributed by atoms with E-state index in [0.717, 1.165) is 12.3 Å². The summed E-state index contributed by atoms with van der Waals surface area (Å²) in [6.07, 6.45) is 14.9. The Kier molecular flexibility index (Phi) is 8.33. The van der Waals surface area contributed by atoms with Gasteiger partial charge in [0.15, 0.2) is 0 Å². The van der Waals surface area contributed by atoms with Crippen LogP contribution in [0.25, 0.3) is 11.1 Å². The van der Waals surface area contributed by atoms with Gasteiger partial charge >= 0.3 is 0 Å². The summed E-state index contributed by atoms with van der Waals surface area (Å²) < 4.78 is 12.2. The van der Waals surface area contributed by atoms with Crippen LogP contribution in [0.3, 0.4) is 0 Å². The molecule has 28 heavy (non-hydrogen) atoms. The largest absolute Gasteiger partial charge is 0.251 e. The molecule has 1 aliphatic carbocycles. The number of hydrogen-bond acceptors (Lipinski definition) is 0. The molecule has 0 saturated heterocycles. The molecule has 0 N–H and O–H groups in total. The van der Waals surface area contributed by atoms with Gasteiger partial charge in [0.05, 0.1) is 6.67 Å². The standard InChI is InChI=1S/C27H35F/c1-2-5-22-13-17-26(18-14-22)27-19-15-25(16-20-27)12-11-24-9-7-23(8-10-24)6-3-4-21-28/h3,6,13-20,23-24H,2,4-5,7-12,21H2,1H3/b6-3+. The lowest BCUT2D eigenvalue weighted by atomic mass is 9.79. The molecule has 0 aliphatic heterocycles. The highest BCUT2D eigenvalue weighted by molar-refractivity contribution is 5.63. The summed E-state index contributed by atoms with van der Waals surface area (Å²) in [5, 5.41) is 0. The Morgan fingerprint density at radius 1 is 0.821 bits per heavy atom. The molecule has 0 atom stereocenters. The van der Waals surface area contributed by atoms with E-state index < -0.39 is 0 Å². The van der Waals surface area contributed by atoms with Gasteiger partial charge in [-0.2, -0.15) is 0 Å². The lowest BCUT2D eigenvalue weighted by Crippen LogP contribution is -2.13. The van der Waals surface area contributed by atoms with Crippen molar-refractivity contribution in [3.05, 3.63) is 71.8 Å². The second-order valence-electron chi connectivity index (χ2n) is 8.37. The molecule has 0 amide bonds. The smallest absolute Gasteiger partial charge is 0.0928 e. The molecule has 0 spiro atoms. The number of allylic oxidation sites excluding steroid dienone is 2. The molecule has 1 aliphatic rings. The predicted octanol–water partition coefficient (Wildman–Crippen LogP) is 7.96. The maximum Gasteiger partial charge on any atom is 0.0928 e. The summed E-state index contributed by atoms with van der Waals surface area (Å²) in [6.45, 7) is 2.00. The fraction of sp³-hybridized carbons (Fsp3) is 0.481. The van der Waals surface area contributed by atoms with E-state index in [2.05, 4.69) is 61.5 Å². The number of halogens is 1. The summed E-state index contributed by atoms with van der Waals surface area (Å²) in [6, 6.07) is 18.2. The maximum atomic E-state index is 12.2. The van der Waals surface area contributed by atoms with E-state index in [9.17, 15) is 4.39 Å². The first-order valence-corrected chi connectivity index (χ1v) is 11.2. The zero-order valence-corrected chi connectivity index (χ0v) is 17.4. The van der Waals surface area contributed by atoms with Crippen LogP contribution >= 0.6 is 0 Å². The van der Waals surface area contributed by atoms with Gasteiger partial charge in [-0.25, -0.2) is 0 Å². The third-order valence-electron chi connectivity index (χ3n) is 6.20. The van der Waals surface area contributed by atoms with Gasteiger partial charge in [0.25, 0.3) is 0 Å². The molecule has 0 aromatic heterocycles. The van der Waals surface area contributed by atoms with Crippen LogP contribution in [0.1, 0.15) is 63.0 Å². The summed E-state index contributed by atoms with van der Waals surface area (Å²) in [5.74, 6) is 1.54. The van der Waals surface area contributed by atoms with Gasteiger partial charge in [-0.15, -0.1) is 0 Å². The number of alkyl halides is 1. The van der Waals surface area contributed by atoms with Crippen molar-refractivity contribution in [3.63, 3.8) is 0 Å². The Balaban J connectivity index is 1.45. The van der Waals surface area contributed by atoms with Gasteiger partial charge in [0.2, 0.25) is 0 Å². The highest BCUT2D eigenvalue weighted by Crippen LogP contribution is 2.32. The highest BCUT2D eigenvalue weighted by Gasteiger charge is 2.19. The molecule has 2 aromatic carbocycles. The van der Waals surface area contributed by atoms with Gasteiger partial charge in [-0.3, -0.25) is 4.39 Å². The lowest BCUT2D eigenvalue weighted by Gasteiger charge is -2.26. The first-order valence-electron chi connectivity index (χ1n) is 11.2.